The van der Waals surface area contributed by atoms with E-state index in [1.807, 2.05) is 6.08 Å². The molecule has 0 spiro atoms. The molecule has 0 heterocycles. The third-order valence-corrected chi connectivity index (χ3v) is 8.30. The molecule has 0 aromatic rings. The van der Waals surface area contributed by atoms with Crippen LogP contribution in [0.15, 0.2) is 24.3 Å². The summed E-state index contributed by atoms with van der Waals surface area (Å²) in [6.45, 7) is 8.84. The third kappa shape index (κ3) is 2.00. The summed E-state index contributed by atoms with van der Waals surface area (Å²) in [4.78, 5) is 11.9. The van der Waals surface area contributed by atoms with E-state index >= 15 is 0 Å². The Hall–Kier alpha value is -0.890. The van der Waals surface area contributed by atoms with Gasteiger partial charge < -0.3 is 5.11 Å². The van der Waals surface area contributed by atoms with Crippen molar-refractivity contribution in [2.45, 2.75) is 64.9 Å². The fourth-order valence-corrected chi connectivity index (χ4v) is 7.04. The summed E-state index contributed by atoms with van der Waals surface area (Å²) in [5, 5.41) is 10.8. The molecule has 0 saturated heterocycles. The van der Waals surface area contributed by atoms with Gasteiger partial charge in [0.15, 0.2) is 5.78 Å². The molecular weight excluding hydrogens is 284 g/mol. The lowest BCUT2D eigenvalue weighted by molar-refractivity contribution is -0.118. The highest BCUT2D eigenvalue weighted by Gasteiger charge is 2.61. The van der Waals surface area contributed by atoms with Gasteiger partial charge >= 0.3 is 0 Å². The summed E-state index contributed by atoms with van der Waals surface area (Å²) in [7, 11) is 0. The number of carbonyl (C=O) groups is 1. The van der Waals surface area contributed by atoms with E-state index in [2.05, 4.69) is 26.5 Å². The van der Waals surface area contributed by atoms with Crippen molar-refractivity contribution >= 4 is 5.78 Å². The summed E-state index contributed by atoms with van der Waals surface area (Å²) in [5.74, 6) is 2.46. The van der Waals surface area contributed by atoms with Crippen LogP contribution in [-0.2, 0) is 4.79 Å². The van der Waals surface area contributed by atoms with Gasteiger partial charge in [0, 0.05) is 6.42 Å². The van der Waals surface area contributed by atoms with E-state index in [4.69, 9.17) is 0 Å². The Morgan fingerprint density at radius 1 is 1.26 bits per heavy atom. The molecule has 126 valence electrons. The van der Waals surface area contributed by atoms with Crippen LogP contribution in [-0.4, -0.2) is 17.0 Å². The third-order valence-electron chi connectivity index (χ3n) is 8.30. The number of aliphatic hydroxyl groups is 1. The Labute approximate surface area is 140 Å². The Balaban J connectivity index is 1.71. The molecule has 1 N–H and O–H groups in total. The van der Waals surface area contributed by atoms with Crippen LogP contribution in [0.1, 0.15) is 58.8 Å². The van der Waals surface area contributed by atoms with Crippen LogP contribution in [0, 0.1) is 34.5 Å². The van der Waals surface area contributed by atoms with Crippen molar-refractivity contribution in [3.05, 3.63) is 24.3 Å². The Kier molecular flexibility index (Phi) is 3.43. The van der Waals surface area contributed by atoms with E-state index in [0.717, 1.165) is 25.7 Å². The molecule has 3 fully saturated rings. The van der Waals surface area contributed by atoms with Crippen molar-refractivity contribution < 1.29 is 9.90 Å². The number of aliphatic hydroxyl groups excluding tert-OH is 1. The van der Waals surface area contributed by atoms with Crippen LogP contribution >= 0.6 is 0 Å². The molecule has 2 nitrogen and oxygen atoms in total. The molecule has 4 aliphatic rings. The molecule has 4 rings (SSSR count). The number of hydrogen-bond donors (Lipinski definition) is 1. The average molecular weight is 314 g/mol. The first-order valence-corrected chi connectivity index (χ1v) is 9.44. The zero-order valence-corrected chi connectivity index (χ0v) is 14.6. The second kappa shape index (κ2) is 5.05. The predicted molar refractivity (Wildman–Crippen MR) is 91.8 cm³/mol. The highest BCUT2D eigenvalue weighted by molar-refractivity contribution is 5.91. The molecule has 2 heteroatoms. The highest BCUT2D eigenvalue weighted by atomic mass is 16.3. The molecule has 23 heavy (non-hydrogen) atoms. The first-order chi connectivity index (χ1) is 10.9. The van der Waals surface area contributed by atoms with Gasteiger partial charge in [-0.15, -0.1) is 6.58 Å². The summed E-state index contributed by atoms with van der Waals surface area (Å²) < 4.78 is 0. The molecule has 0 bridgehead atoms. The summed E-state index contributed by atoms with van der Waals surface area (Å²) >= 11 is 0. The second-order valence-electron chi connectivity index (χ2n) is 9.08. The number of allylic oxidation sites excluding steroid dienone is 2. The van der Waals surface area contributed by atoms with Gasteiger partial charge in [0.1, 0.15) is 0 Å². The van der Waals surface area contributed by atoms with Gasteiger partial charge in [-0.1, -0.05) is 25.5 Å². The smallest absolute Gasteiger partial charge is 0.155 e. The van der Waals surface area contributed by atoms with Crippen molar-refractivity contribution in [1.29, 1.82) is 0 Å². The van der Waals surface area contributed by atoms with Crippen molar-refractivity contribution in [2.75, 3.05) is 0 Å². The minimum atomic E-state index is -0.171. The fourth-order valence-electron chi connectivity index (χ4n) is 7.04. The van der Waals surface area contributed by atoms with Gasteiger partial charge in [-0.25, -0.2) is 0 Å². The van der Waals surface area contributed by atoms with Crippen LogP contribution in [0.25, 0.3) is 0 Å². The summed E-state index contributed by atoms with van der Waals surface area (Å²) in [6, 6.07) is 0. The van der Waals surface area contributed by atoms with E-state index < -0.39 is 0 Å². The lowest BCUT2D eigenvalue weighted by Crippen LogP contribution is -2.52. The molecule has 7 atom stereocenters. The molecule has 0 aliphatic heterocycles. The Morgan fingerprint density at radius 2 is 2.04 bits per heavy atom. The lowest BCUT2D eigenvalue weighted by atomic mass is 9.46. The Bertz CT molecular complexity index is 576. The van der Waals surface area contributed by atoms with Crippen LogP contribution in [0.5, 0.6) is 0 Å². The molecule has 0 radical (unpaired) electrons. The van der Waals surface area contributed by atoms with Gasteiger partial charge in [0.05, 0.1) is 6.10 Å². The molecule has 0 aromatic heterocycles. The van der Waals surface area contributed by atoms with E-state index in [1.54, 1.807) is 0 Å². The average Bonchev–Trinajstić information content (AvgIpc) is 2.79. The van der Waals surface area contributed by atoms with Crippen molar-refractivity contribution in [2.24, 2.45) is 34.5 Å². The maximum atomic E-state index is 11.9. The van der Waals surface area contributed by atoms with Gasteiger partial charge in [0.2, 0.25) is 0 Å². The summed E-state index contributed by atoms with van der Waals surface area (Å²) in [5.41, 5.74) is 1.83. The van der Waals surface area contributed by atoms with E-state index in [1.165, 1.54) is 18.4 Å². The molecule has 0 unspecified atom stereocenters. The zero-order valence-electron chi connectivity index (χ0n) is 14.6. The molecule has 0 aromatic carbocycles. The number of carbonyl (C=O) groups excluding carboxylic acids is 1. The molecule has 4 aliphatic carbocycles. The first-order valence-electron chi connectivity index (χ1n) is 9.44. The predicted octanol–water partition coefficient (Wildman–Crippen LogP) is 4.29. The molecule has 0 amide bonds. The Morgan fingerprint density at radius 3 is 2.78 bits per heavy atom. The van der Waals surface area contributed by atoms with Gasteiger partial charge in [-0.2, -0.15) is 0 Å². The standard InChI is InChI=1S/C21H30O2/c1-4-13-12-18(23)19-16-6-5-14-11-15(22)7-9-20(14,2)17(16)8-10-21(13,19)3/h4,11,13,16-19,23H,1,5-10,12H2,2-3H3/t13-,16+,17-,18+,19+,20-,21+/m0/s1. The van der Waals surface area contributed by atoms with E-state index in [-0.39, 0.29) is 16.9 Å². The van der Waals surface area contributed by atoms with Gasteiger partial charge in [0.25, 0.3) is 0 Å². The number of hydrogen-bond acceptors (Lipinski definition) is 2. The first kappa shape index (κ1) is 15.6. The highest BCUT2D eigenvalue weighted by Crippen LogP contribution is 2.66. The monoisotopic (exact) mass is 314 g/mol. The van der Waals surface area contributed by atoms with Crippen molar-refractivity contribution in [3.8, 4) is 0 Å². The maximum Gasteiger partial charge on any atom is 0.155 e. The number of ketones is 1. The maximum absolute atomic E-state index is 11.9. The topological polar surface area (TPSA) is 37.3 Å². The largest absolute Gasteiger partial charge is 0.393 e. The van der Waals surface area contributed by atoms with Crippen LogP contribution in [0.3, 0.4) is 0 Å². The minimum absolute atomic E-state index is 0.171. The van der Waals surface area contributed by atoms with Crippen molar-refractivity contribution in [3.63, 3.8) is 0 Å². The van der Waals surface area contributed by atoms with Gasteiger partial charge in [-0.3, -0.25) is 4.79 Å². The molecule has 3 saturated carbocycles. The lowest BCUT2D eigenvalue weighted by Gasteiger charge is -2.58. The SMILES string of the molecule is C=C[C@H]1C[C@@H](O)[C@H]2[C@@H]3CCC4=CC(=O)CC[C@]4(C)[C@H]3CC[C@@]21C. The normalized spacial score (nSPS) is 52.2. The van der Waals surface area contributed by atoms with Crippen LogP contribution in [0.2, 0.25) is 0 Å². The van der Waals surface area contributed by atoms with Crippen LogP contribution < -0.4 is 0 Å². The molecular formula is C21H30O2. The number of rotatable bonds is 1. The number of fused-ring (bicyclic) bond motifs is 5. The zero-order chi connectivity index (χ0) is 16.4. The van der Waals surface area contributed by atoms with Crippen LogP contribution in [0.4, 0.5) is 0 Å². The van der Waals surface area contributed by atoms with E-state index in [0.29, 0.717) is 35.9 Å². The fraction of sp³-hybridized carbons (Fsp3) is 0.762. The second-order valence-corrected chi connectivity index (χ2v) is 9.08. The minimum Gasteiger partial charge on any atom is -0.393 e. The quantitative estimate of drug-likeness (QED) is 0.733. The van der Waals surface area contributed by atoms with E-state index in [9.17, 15) is 9.90 Å². The summed E-state index contributed by atoms with van der Waals surface area (Å²) in [6.07, 6.45) is 11.2. The van der Waals surface area contributed by atoms with Gasteiger partial charge in [-0.05, 0) is 79.1 Å². The van der Waals surface area contributed by atoms with Crippen molar-refractivity contribution in [1.82, 2.24) is 0 Å².